The molecule has 2 amide bonds. The molecule has 2 N–H and O–H groups in total. The van der Waals surface area contributed by atoms with Crippen LogP contribution in [0.5, 0.6) is 5.75 Å². The van der Waals surface area contributed by atoms with Gasteiger partial charge in [0.05, 0.1) is 19.2 Å². The first-order valence-electron chi connectivity index (χ1n) is 10.5. The first-order valence-corrected chi connectivity index (χ1v) is 10.9. The molecule has 1 aromatic heterocycles. The fraction of sp³-hybridized carbons (Fsp3) is 0.154. The van der Waals surface area contributed by atoms with E-state index < -0.39 is 0 Å². The molecule has 0 aliphatic rings. The normalized spacial score (nSPS) is 10.8. The van der Waals surface area contributed by atoms with Gasteiger partial charge in [0.1, 0.15) is 5.75 Å². The SMILES string of the molecule is COc1ccc(NC(C)=O)cc1NC(=O)Cc1cn(Cc2ccc(Cl)cc2)c2ccccc12. The van der Waals surface area contributed by atoms with Crippen molar-refractivity contribution in [2.75, 3.05) is 17.7 Å². The summed E-state index contributed by atoms with van der Waals surface area (Å²) in [6.45, 7) is 2.11. The first kappa shape index (κ1) is 22.4. The molecule has 1 heterocycles. The Morgan fingerprint density at radius 2 is 1.76 bits per heavy atom. The highest BCUT2D eigenvalue weighted by Gasteiger charge is 2.14. The topological polar surface area (TPSA) is 72.4 Å². The number of carbonyl (C=O) groups is 2. The predicted octanol–water partition coefficient (Wildman–Crippen LogP) is 5.49. The molecule has 0 atom stereocenters. The number of carbonyl (C=O) groups excluding carboxylic acids is 2. The van der Waals surface area contributed by atoms with Crippen molar-refractivity contribution in [2.24, 2.45) is 0 Å². The molecule has 4 rings (SSSR count). The Morgan fingerprint density at radius 3 is 2.48 bits per heavy atom. The van der Waals surface area contributed by atoms with Gasteiger partial charge in [0.15, 0.2) is 0 Å². The fourth-order valence-corrected chi connectivity index (χ4v) is 3.96. The summed E-state index contributed by atoms with van der Waals surface area (Å²) in [5.74, 6) is 0.149. The number of amides is 2. The molecule has 4 aromatic rings. The van der Waals surface area contributed by atoms with Crippen LogP contribution in [0, 0.1) is 0 Å². The lowest BCUT2D eigenvalue weighted by Gasteiger charge is -2.12. The number of methoxy groups -OCH3 is 1. The summed E-state index contributed by atoms with van der Waals surface area (Å²) >= 11 is 6.01. The third-order valence-corrected chi connectivity index (χ3v) is 5.53. The predicted molar refractivity (Wildman–Crippen MR) is 132 cm³/mol. The molecule has 0 radical (unpaired) electrons. The van der Waals surface area contributed by atoms with E-state index in [-0.39, 0.29) is 18.2 Å². The van der Waals surface area contributed by atoms with Gasteiger partial charge in [-0.05, 0) is 47.5 Å². The largest absolute Gasteiger partial charge is 0.495 e. The number of aromatic nitrogens is 1. The maximum absolute atomic E-state index is 13.0. The van der Waals surface area contributed by atoms with Gasteiger partial charge in [0, 0.05) is 41.3 Å². The second-order valence-electron chi connectivity index (χ2n) is 7.75. The third kappa shape index (κ3) is 5.35. The highest BCUT2D eigenvalue weighted by molar-refractivity contribution is 6.30. The zero-order valence-electron chi connectivity index (χ0n) is 18.4. The number of fused-ring (bicyclic) bond motifs is 1. The van der Waals surface area contributed by atoms with Crippen LogP contribution in [-0.4, -0.2) is 23.5 Å². The van der Waals surface area contributed by atoms with Crippen LogP contribution in [0.15, 0.2) is 72.9 Å². The second-order valence-corrected chi connectivity index (χ2v) is 8.18. The van der Waals surface area contributed by atoms with Crippen LogP contribution in [0.1, 0.15) is 18.1 Å². The summed E-state index contributed by atoms with van der Waals surface area (Å²) in [4.78, 5) is 24.3. The smallest absolute Gasteiger partial charge is 0.228 e. The third-order valence-electron chi connectivity index (χ3n) is 5.28. The minimum Gasteiger partial charge on any atom is -0.495 e. The van der Waals surface area contributed by atoms with E-state index in [2.05, 4.69) is 15.2 Å². The number of nitrogens with one attached hydrogen (secondary N) is 2. The van der Waals surface area contributed by atoms with Crippen molar-refractivity contribution < 1.29 is 14.3 Å². The van der Waals surface area contributed by atoms with Crippen molar-refractivity contribution in [1.82, 2.24) is 4.57 Å². The molecule has 0 unspecified atom stereocenters. The molecule has 0 fully saturated rings. The van der Waals surface area contributed by atoms with Crippen molar-refractivity contribution in [3.63, 3.8) is 0 Å². The monoisotopic (exact) mass is 461 g/mol. The summed E-state index contributed by atoms with van der Waals surface area (Å²) in [5, 5.41) is 7.36. The van der Waals surface area contributed by atoms with E-state index in [4.69, 9.17) is 16.3 Å². The molecule has 0 saturated carbocycles. The number of hydrogen-bond donors (Lipinski definition) is 2. The van der Waals surface area contributed by atoms with Gasteiger partial charge in [-0.15, -0.1) is 0 Å². The molecule has 0 aliphatic heterocycles. The summed E-state index contributed by atoms with van der Waals surface area (Å²) < 4.78 is 7.50. The lowest BCUT2D eigenvalue weighted by molar-refractivity contribution is -0.115. The maximum atomic E-state index is 13.0. The van der Waals surface area contributed by atoms with Crippen molar-refractivity contribution in [3.05, 3.63) is 89.1 Å². The Morgan fingerprint density at radius 1 is 1.00 bits per heavy atom. The number of para-hydroxylation sites is 1. The summed E-state index contributed by atoms with van der Waals surface area (Å²) in [6.07, 6.45) is 2.21. The molecule has 0 bridgehead atoms. The molecule has 0 spiro atoms. The van der Waals surface area contributed by atoms with Gasteiger partial charge in [-0.25, -0.2) is 0 Å². The van der Waals surface area contributed by atoms with Crippen molar-refractivity contribution in [2.45, 2.75) is 19.9 Å². The summed E-state index contributed by atoms with van der Waals surface area (Å²) in [7, 11) is 1.54. The first-order chi connectivity index (χ1) is 15.9. The summed E-state index contributed by atoms with van der Waals surface area (Å²) in [6, 6.07) is 20.9. The number of rotatable bonds is 7. The quantitative estimate of drug-likeness (QED) is 0.382. The van der Waals surface area contributed by atoms with Gasteiger partial charge < -0.3 is 19.9 Å². The molecule has 6 nitrogen and oxygen atoms in total. The maximum Gasteiger partial charge on any atom is 0.228 e. The van der Waals surface area contributed by atoms with Gasteiger partial charge >= 0.3 is 0 Å². The molecule has 3 aromatic carbocycles. The Hall–Kier alpha value is -3.77. The van der Waals surface area contributed by atoms with Crippen LogP contribution in [0.2, 0.25) is 5.02 Å². The molecule has 33 heavy (non-hydrogen) atoms. The average Bonchev–Trinajstić information content (AvgIpc) is 3.12. The molecule has 7 heteroatoms. The Balaban J connectivity index is 1.57. The van der Waals surface area contributed by atoms with Crippen LogP contribution in [0.4, 0.5) is 11.4 Å². The van der Waals surface area contributed by atoms with E-state index in [1.54, 1.807) is 18.2 Å². The molecule has 0 saturated heterocycles. The van der Waals surface area contributed by atoms with E-state index in [1.165, 1.54) is 14.0 Å². The Bertz CT molecular complexity index is 1310. The molecule has 168 valence electrons. The number of nitrogens with zero attached hydrogens (tertiary/aromatic N) is 1. The minimum absolute atomic E-state index is 0.178. The van der Waals surface area contributed by atoms with Crippen molar-refractivity contribution >= 4 is 45.7 Å². The number of benzene rings is 3. The van der Waals surface area contributed by atoms with Crippen LogP contribution < -0.4 is 15.4 Å². The lowest BCUT2D eigenvalue weighted by atomic mass is 10.1. The van der Waals surface area contributed by atoms with Gasteiger partial charge in [-0.2, -0.15) is 0 Å². The lowest BCUT2D eigenvalue weighted by Crippen LogP contribution is -2.15. The average molecular weight is 462 g/mol. The zero-order chi connectivity index (χ0) is 23.4. The van der Waals surface area contributed by atoms with E-state index >= 15 is 0 Å². The number of ether oxygens (including phenoxy) is 1. The highest BCUT2D eigenvalue weighted by Crippen LogP contribution is 2.29. The number of anilines is 2. The standard InChI is InChI=1S/C26H24ClN3O3/c1-17(31)28-21-11-12-25(33-2)23(14-21)29-26(32)13-19-16-30(24-6-4-3-5-22(19)24)15-18-7-9-20(27)10-8-18/h3-12,14,16H,13,15H2,1-2H3,(H,28,31)(H,29,32). The second kappa shape index (κ2) is 9.79. The van der Waals surface area contributed by atoms with Crippen LogP contribution in [-0.2, 0) is 22.6 Å². The molecular weight excluding hydrogens is 438 g/mol. The number of hydrogen-bond acceptors (Lipinski definition) is 3. The van der Waals surface area contributed by atoms with E-state index in [0.29, 0.717) is 28.7 Å². The number of halogens is 1. The molecular formula is C26H24ClN3O3. The van der Waals surface area contributed by atoms with E-state index in [9.17, 15) is 9.59 Å². The molecule has 0 aliphatic carbocycles. The zero-order valence-corrected chi connectivity index (χ0v) is 19.1. The van der Waals surface area contributed by atoms with Gasteiger partial charge in [0.2, 0.25) is 11.8 Å². The van der Waals surface area contributed by atoms with E-state index in [0.717, 1.165) is 22.0 Å². The minimum atomic E-state index is -0.189. The van der Waals surface area contributed by atoms with Crippen molar-refractivity contribution in [1.29, 1.82) is 0 Å². The van der Waals surface area contributed by atoms with Crippen LogP contribution >= 0.6 is 11.6 Å². The van der Waals surface area contributed by atoms with E-state index in [1.807, 2.05) is 54.7 Å². The van der Waals surface area contributed by atoms with Gasteiger partial charge in [-0.3, -0.25) is 9.59 Å². The Kier molecular flexibility index (Phi) is 6.66. The van der Waals surface area contributed by atoms with Crippen molar-refractivity contribution in [3.8, 4) is 5.75 Å². The van der Waals surface area contributed by atoms with Gasteiger partial charge in [-0.1, -0.05) is 41.9 Å². The fourth-order valence-electron chi connectivity index (χ4n) is 3.84. The summed E-state index contributed by atoms with van der Waals surface area (Å²) in [5.41, 5.74) is 4.18. The van der Waals surface area contributed by atoms with Crippen LogP contribution in [0.25, 0.3) is 10.9 Å². The Labute approximate surface area is 197 Å². The van der Waals surface area contributed by atoms with Gasteiger partial charge in [0.25, 0.3) is 0 Å². The van der Waals surface area contributed by atoms with Crippen LogP contribution in [0.3, 0.4) is 0 Å². The highest BCUT2D eigenvalue weighted by atomic mass is 35.5.